The third-order valence-corrected chi connectivity index (χ3v) is 2.66. The number of carbonyl (C=O) groups excluding carboxylic acids is 2. The van der Waals surface area contributed by atoms with Crippen LogP contribution in [0.5, 0.6) is 0 Å². The zero-order valence-corrected chi connectivity index (χ0v) is 11.7. The lowest BCUT2D eigenvalue weighted by Gasteiger charge is -2.26. The van der Waals surface area contributed by atoms with E-state index in [9.17, 15) is 14.4 Å². The summed E-state index contributed by atoms with van der Waals surface area (Å²) in [6, 6.07) is -0.738. The summed E-state index contributed by atoms with van der Waals surface area (Å²) < 4.78 is 0. The van der Waals surface area contributed by atoms with E-state index in [4.69, 9.17) is 5.11 Å². The average Bonchev–Trinajstić information content (AvgIpc) is 2.38. The molecule has 3 amide bonds. The predicted octanol–water partition coefficient (Wildman–Crippen LogP) is 0.407. The van der Waals surface area contributed by atoms with Crippen molar-refractivity contribution in [3.05, 3.63) is 0 Å². The predicted molar refractivity (Wildman–Crippen MR) is 70.8 cm³/mol. The molecule has 0 radical (unpaired) electrons. The van der Waals surface area contributed by atoms with Gasteiger partial charge in [0, 0.05) is 12.6 Å². The van der Waals surface area contributed by atoms with Crippen molar-refractivity contribution < 1.29 is 19.5 Å². The number of rotatable bonds is 8. The van der Waals surface area contributed by atoms with Crippen molar-refractivity contribution in [3.63, 3.8) is 0 Å². The minimum Gasteiger partial charge on any atom is -0.480 e. The van der Waals surface area contributed by atoms with Crippen LogP contribution in [0.2, 0.25) is 0 Å². The summed E-state index contributed by atoms with van der Waals surface area (Å²) >= 11 is 0. The normalized spacial score (nSPS) is 11.5. The largest absolute Gasteiger partial charge is 0.480 e. The molecule has 7 heteroatoms. The molecule has 19 heavy (non-hydrogen) atoms. The van der Waals surface area contributed by atoms with Crippen molar-refractivity contribution in [2.45, 2.75) is 39.7 Å². The number of hydrogen-bond donors (Lipinski definition) is 3. The standard InChI is InChI=1S/C12H23N3O4/c1-4-6-13-10(16)7-14-12(19)15(8-11(17)18)9(3)5-2/h9H,4-8H2,1-3H3,(H,13,16)(H,14,19)(H,17,18). The molecule has 0 aromatic carbocycles. The summed E-state index contributed by atoms with van der Waals surface area (Å²) in [5.41, 5.74) is 0. The van der Waals surface area contributed by atoms with E-state index in [-0.39, 0.29) is 25.0 Å². The zero-order chi connectivity index (χ0) is 14.8. The Labute approximate surface area is 113 Å². The molecule has 0 aliphatic carbocycles. The maximum absolute atomic E-state index is 11.8. The van der Waals surface area contributed by atoms with Crippen LogP contribution >= 0.6 is 0 Å². The lowest BCUT2D eigenvalue weighted by Crippen LogP contribution is -2.49. The maximum Gasteiger partial charge on any atom is 0.323 e. The van der Waals surface area contributed by atoms with Gasteiger partial charge in [0.25, 0.3) is 0 Å². The van der Waals surface area contributed by atoms with Gasteiger partial charge in [-0.2, -0.15) is 0 Å². The van der Waals surface area contributed by atoms with Gasteiger partial charge in [-0.1, -0.05) is 13.8 Å². The Bertz CT molecular complexity index is 320. The molecule has 3 N–H and O–H groups in total. The van der Waals surface area contributed by atoms with E-state index in [0.29, 0.717) is 13.0 Å². The SMILES string of the molecule is CCCNC(=O)CNC(=O)N(CC(=O)O)C(C)CC. The van der Waals surface area contributed by atoms with E-state index in [1.807, 2.05) is 13.8 Å². The highest BCUT2D eigenvalue weighted by Gasteiger charge is 2.21. The average molecular weight is 273 g/mol. The lowest BCUT2D eigenvalue weighted by molar-refractivity contribution is -0.138. The Morgan fingerprint density at radius 3 is 2.32 bits per heavy atom. The van der Waals surface area contributed by atoms with Crippen LogP contribution in [0.1, 0.15) is 33.6 Å². The van der Waals surface area contributed by atoms with Gasteiger partial charge in [0.1, 0.15) is 6.54 Å². The molecule has 0 rings (SSSR count). The Balaban J connectivity index is 4.32. The topological polar surface area (TPSA) is 98.7 Å². The molecule has 0 fully saturated rings. The highest BCUT2D eigenvalue weighted by molar-refractivity contribution is 5.85. The van der Waals surface area contributed by atoms with E-state index in [1.165, 1.54) is 4.90 Å². The van der Waals surface area contributed by atoms with Crippen LogP contribution in [0.3, 0.4) is 0 Å². The monoisotopic (exact) mass is 273 g/mol. The fraction of sp³-hybridized carbons (Fsp3) is 0.750. The van der Waals surface area contributed by atoms with Crippen LogP contribution in [-0.4, -0.2) is 53.6 Å². The highest BCUT2D eigenvalue weighted by atomic mass is 16.4. The van der Waals surface area contributed by atoms with E-state index in [2.05, 4.69) is 10.6 Å². The molecule has 1 atom stereocenters. The molecule has 0 saturated carbocycles. The summed E-state index contributed by atoms with van der Waals surface area (Å²) in [6.45, 7) is 5.58. The Morgan fingerprint density at radius 1 is 1.21 bits per heavy atom. The van der Waals surface area contributed by atoms with Crippen molar-refractivity contribution in [1.82, 2.24) is 15.5 Å². The van der Waals surface area contributed by atoms with E-state index < -0.39 is 12.0 Å². The maximum atomic E-state index is 11.8. The van der Waals surface area contributed by atoms with Gasteiger partial charge in [-0.25, -0.2) is 4.79 Å². The molecule has 0 saturated heterocycles. The van der Waals surface area contributed by atoms with E-state index >= 15 is 0 Å². The van der Waals surface area contributed by atoms with Gasteiger partial charge < -0.3 is 20.6 Å². The minimum atomic E-state index is -1.08. The second-order valence-corrected chi connectivity index (χ2v) is 4.29. The molecule has 7 nitrogen and oxygen atoms in total. The van der Waals surface area contributed by atoms with Gasteiger partial charge in [-0.3, -0.25) is 9.59 Å². The Morgan fingerprint density at radius 2 is 1.84 bits per heavy atom. The number of hydrogen-bond acceptors (Lipinski definition) is 3. The summed E-state index contributed by atoms with van der Waals surface area (Å²) in [5.74, 6) is -1.36. The first kappa shape index (κ1) is 17.2. The van der Waals surface area contributed by atoms with Crippen molar-refractivity contribution in [2.75, 3.05) is 19.6 Å². The quantitative estimate of drug-likeness (QED) is 0.596. The number of carboxylic acid groups (broad SMARTS) is 1. The number of carbonyl (C=O) groups is 3. The molecule has 0 aromatic heterocycles. The highest BCUT2D eigenvalue weighted by Crippen LogP contribution is 2.03. The van der Waals surface area contributed by atoms with Gasteiger partial charge in [0.15, 0.2) is 0 Å². The zero-order valence-electron chi connectivity index (χ0n) is 11.7. The van der Waals surface area contributed by atoms with Gasteiger partial charge in [-0.15, -0.1) is 0 Å². The first-order valence-corrected chi connectivity index (χ1v) is 6.45. The van der Waals surface area contributed by atoms with Crippen LogP contribution in [0.15, 0.2) is 0 Å². The van der Waals surface area contributed by atoms with Gasteiger partial charge in [-0.05, 0) is 19.8 Å². The van der Waals surface area contributed by atoms with Crippen LogP contribution in [-0.2, 0) is 9.59 Å². The van der Waals surface area contributed by atoms with E-state index in [1.54, 1.807) is 6.92 Å². The molecule has 0 aliphatic heterocycles. The van der Waals surface area contributed by atoms with Gasteiger partial charge >= 0.3 is 12.0 Å². The van der Waals surface area contributed by atoms with Crippen molar-refractivity contribution in [2.24, 2.45) is 0 Å². The van der Waals surface area contributed by atoms with E-state index in [0.717, 1.165) is 6.42 Å². The summed E-state index contributed by atoms with van der Waals surface area (Å²) in [4.78, 5) is 35.1. The minimum absolute atomic E-state index is 0.147. The molecular formula is C12H23N3O4. The second kappa shape index (κ2) is 9.18. The molecular weight excluding hydrogens is 250 g/mol. The summed E-state index contributed by atoms with van der Waals surface area (Å²) in [5, 5.41) is 13.8. The molecule has 1 unspecified atom stereocenters. The van der Waals surface area contributed by atoms with Crippen LogP contribution < -0.4 is 10.6 Å². The third kappa shape index (κ3) is 7.28. The van der Waals surface area contributed by atoms with Crippen LogP contribution in [0.4, 0.5) is 4.79 Å². The third-order valence-electron chi connectivity index (χ3n) is 2.66. The van der Waals surface area contributed by atoms with Gasteiger partial charge in [0.05, 0.1) is 6.54 Å². The summed E-state index contributed by atoms with van der Waals surface area (Å²) in [6.07, 6.45) is 1.46. The number of amides is 3. The fourth-order valence-corrected chi connectivity index (χ4v) is 1.38. The van der Waals surface area contributed by atoms with Crippen molar-refractivity contribution in [1.29, 1.82) is 0 Å². The smallest absolute Gasteiger partial charge is 0.323 e. The molecule has 0 bridgehead atoms. The molecule has 0 heterocycles. The lowest BCUT2D eigenvalue weighted by atomic mass is 10.2. The van der Waals surface area contributed by atoms with Crippen LogP contribution in [0.25, 0.3) is 0 Å². The number of nitrogens with zero attached hydrogens (tertiary/aromatic N) is 1. The fourth-order valence-electron chi connectivity index (χ4n) is 1.38. The Hall–Kier alpha value is -1.79. The Kier molecular flexibility index (Phi) is 8.32. The number of nitrogens with one attached hydrogen (secondary N) is 2. The summed E-state index contributed by atoms with van der Waals surface area (Å²) in [7, 11) is 0. The van der Waals surface area contributed by atoms with Crippen molar-refractivity contribution >= 4 is 17.9 Å². The number of aliphatic carboxylic acids is 1. The second-order valence-electron chi connectivity index (χ2n) is 4.29. The van der Waals surface area contributed by atoms with Crippen molar-refractivity contribution in [3.8, 4) is 0 Å². The van der Waals surface area contributed by atoms with Gasteiger partial charge in [0.2, 0.25) is 5.91 Å². The molecule has 0 aromatic rings. The first-order valence-electron chi connectivity index (χ1n) is 6.45. The van der Waals surface area contributed by atoms with Crippen LogP contribution in [0, 0.1) is 0 Å². The number of carboxylic acids is 1. The first-order chi connectivity index (χ1) is 8.92. The molecule has 0 spiro atoms. The molecule has 0 aliphatic rings. The molecule has 110 valence electrons. The number of urea groups is 1.